The molecule has 1 aliphatic rings. The van der Waals surface area contributed by atoms with Crippen LogP contribution in [0.5, 0.6) is 0 Å². The molecule has 1 unspecified atom stereocenters. The number of β-amino-alcohol motifs (C(OH)–C–C–N with tert-alkyl or cyclic N) is 1. The van der Waals surface area contributed by atoms with E-state index < -0.39 is 5.60 Å². The highest BCUT2D eigenvalue weighted by Crippen LogP contribution is 2.21. The second-order valence-corrected chi connectivity index (χ2v) is 5.90. The molecule has 2 rings (SSSR count). The second-order valence-electron chi connectivity index (χ2n) is 5.90. The Labute approximate surface area is 119 Å². The van der Waals surface area contributed by atoms with E-state index in [1.54, 1.807) is 6.07 Å². The van der Waals surface area contributed by atoms with Gasteiger partial charge in [0.25, 0.3) is 0 Å². The summed E-state index contributed by atoms with van der Waals surface area (Å²) in [7, 11) is 0. The number of nitrogens with one attached hydrogen (secondary N) is 1. The number of likely N-dealkylation sites (tertiary alicyclic amines) is 1. The third-order valence-electron chi connectivity index (χ3n) is 3.71. The molecule has 110 valence electrons. The van der Waals surface area contributed by atoms with Gasteiger partial charge in [0.2, 0.25) is 5.91 Å². The number of carbonyl (C=O) groups excluding carboxylic acids is 1. The van der Waals surface area contributed by atoms with Gasteiger partial charge in [0, 0.05) is 37.4 Å². The molecule has 0 aromatic heterocycles. The fourth-order valence-corrected chi connectivity index (χ4v) is 2.53. The number of amides is 1. The molecular weight excluding hydrogens is 254 g/mol. The van der Waals surface area contributed by atoms with Crippen molar-refractivity contribution in [1.82, 2.24) is 4.90 Å². The average Bonchev–Trinajstić information content (AvgIpc) is 2.70. The molecule has 4 N–H and O–H groups in total. The molecule has 1 saturated heterocycles. The summed E-state index contributed by atoms with van der Waals surface area (Å²) in [5.41, 5.74) is 7.53. The van der Waals surface area contributed by atoms with Gasteiger partial charge in [-0.1, -0.05) is 0 Å². The van der Waals surface area contributed by atoms with E-state index in [0.717, 1.165) is 24.2 Å². The molecule has 1 amide bonds. The van der Waals surface area contributed by atoms with E-state index in [9.17, 15) is 9.90 Å². The van der Waals surface area contributed by atoms with Gasteiger partial charge in [-0.15, -0.1) is 0 Å². The van der Waals surface area contributed by atoms with Crippen LogP contribution in [0, 0.1) is 6.92 Å². The summed E-state index contributed by atoms with van der Waals surface area (Å²) in [4.78, 5) is 14.1. The number of anilines is 2. The monoisotopic (exact) mass is 277 g/mol. The molecule has 20 heavy (non-hydrogen) atoms. The van der Waals surface area contributed by atoms with Crippen LogP contribution >= 0.6 is 0 Å². The molecule has 5 nitrogen and oxygen atoms in total. The van der Waals surface area contributed by atoms with Gasteiger partial charge in [-0.25, -0.2) is 0 Å². The third-order valence-corrected chi connectivity index (χ3v) is 3.71. The number of carbonyl (C=O) groups is 1. The summed E-state index contributed by atoms with van der Waals surface area (Å²) in [5.74, 6) is -0.00980. The maximum atomic E-state index is 11.9. The van der Waals surface area contributed by atoms with Crippen LogP contribution < -0.4 is 11.1 Å². The SMILES string of the molecule is Cc1cc(N)ccc1NC(=O)CCN1CCC(C)(O)C1. The first-order valence-electron chi connectivity index (χ1n) is 6.96. The second kappa shape index (κ2) is 5.81. The lowest BCUT2D eigenvalue weighted by molar-refractivity contribution is -0.116. The molecule has 1 aromatic rings. The molecule has 0 saturated carbocycles. The van der Waals surface area contributed by atoms with E-state index >= 15 is 0 Å². The summed E-state index contributed by atoms with van der Waals surface area (Å²) in [5, 5.41) is 12.8. The maximum Gasteiger partial charge on any atom is 0.225 e. The highest BCUT2D eigenvalue weighted by atomic mass is 16.3. The van der Waals surface area contributed by atoms with Gasteiger partial charge in [-0.05, 0) is 44.0 Å². The van der Waals surface area contributed by atoms with Crippen molar-refractivity contribution in [1.29, 1.82) is 0 Å². The number of nitrogen functional groups attached to an aromatic ring is 1. The van der Waals surface area contributed by atoms with Crippen LogP contribution in [-0.4, -0.2) is 41.1 Å². The minimum Gasteiger partial charge on any atom is -0.399 e. The Morgan fingerprint density at radius 2 is 2.30 bits per heavy atom. The van der Waals surface area contributed by atoms with Crippen LogP contribution in [-0.2, 0) is 4.79 Å². The minimum atomic E-state index is -0.607. The first kappa shape index (κ1) is 14.8. The Morgan fingerprint density at radius 1 is 1.55 bits per heavy atom. The van der Waals surface area contributed by atoms with E-state index in [1.807, 2.05) is 26.0 Å². The van der Waals surface area contributed by atoms with Gasteiger partial charge in [0.1, 0.15) is 0 Å². The predicted octanol–water partition coefficient (Wildman–Crippen LogP) is 1.36. The number of nitrogens with two attached hydrogens (primary N) is 1. The van der Waals surface area contributed by atoms with Crippen LogP contribution in [0.4, 0.5) is 11.4 Å². The average molecular weight is 277 g/mol. The smallest absolute Gasteiger partial charge is 0.225 e. The zero-order chi connectivity index (χ0) is 14.8. The Morgan fingerprint density at radius 3 is 2.90 bits per heavy atom. The topological polar surface area (TPSA) is 78.6 Å². The van der Waals surface area contributed by atoms with E-state index in [1.165, 1.54) is 0 Å². The van der Waals surface area contributed by atoms with Gasteiger partial charge in [0.15, 0.2) is 0 Å². The molecule has 1 atom stereocenters. The normalized spacial score (nSPS) is 22.9. The molecular formula is C15H23N3O2. The third kappa shape index (κ3) is 3.95. The van der Waals surface area contributed by atoms with Crippen molar-refractivity contribution in [2.45, 2.75) is 32.3 Å². The molecule has 1 fully saturated rings. The number of aryl methyl sites for hydroxylation is 1. The predicted molar refractivity (Wildman–Crippen MR) is 80.5 cm³/mol. The number of hydrogen-bond donors (Lipinski definition) is 3. The Balaban J connectivity index is 1.81. The van der Waals surface area contributed by atoms with Gasteiger partial charge < -0.3 is 16.2 Å². The summed E-state index contributed by atoms with van der Waals surface area (Å²) < 4.78 is 0. The molecule has 1 aliphatic heterocycles. The maximum absolute atomic E-state index is 11.9. The number of aliphatic hydroxyl groups is 1. The Hall–Kier alpha value is -1.59. The number of benzene rings is 1. The highest BCUT2D eigenvalue weighted by Gasteiger charge is 2.30. The Kier molecular flexibility index (Phi) is 4.30. The summed E-state index contributed by atoms with van der Waals surface area (Å²) in [6.45, 7) is 5.92. The Bertz CT molecular complexity index is 500. The van der Waals surface area contributed by atoms with Crippen molar-refractivity contribution in [2.24, 2.45) is 0 Å². The van der Waals surface area contributed by atoms with Crippen molar-refractivity contribution in [2.75, 3.05) is 30.7 Å². The lowest BCUT2D eigenvalue weighted by Gasteiger charge is -2.18. The van der Waals surface area contributed by atoms with E-state index in [4.69, 9.17) is 5.73 Å². The highest BCUT2D eigenvalue weighted by molar-refractivity contribution is 5.91. The first-order chi connectivity index (χ1) is 9.35. The zero-order valence-electron chi connectivity index (χ0n) is 12.1. The summed E-state index contributed by atoms with van der Waals surface area (Å²) in [6.07, 6.45) is 1.20. The van der Waals surface area contributed by atoms with Crippen molar-refractivity contribution in [3.63, 3.8) is 0 Å². The fourth-order valence-electron chi connectivity index (χ4n) is 2.53. The van der Waals surface area contributed by atoms with E-state index in [0.29, 0.717) is 25.2 Å². The molecule has 0 aliphatic carbocycles. The lowest BCUT2D eigenvalue weighted by Crippen LogP contribution is -2.31. The van der Waals surface area contributed by atoms with Crippen molar-refractivity contribution < 1.29 is 9.90 Å². The standard InChI is InChI=1S/C15H23N3O2/c1-11-9-12(16)3-4-13(11)17-14(19)5-7-18-8-6-15(2,20)10-18/h3-4,9,20H,5-8,10,16H2,1-2H3,(H,17,19). The largest absolute Gasteiger partial charge is 0.399 e. The molecule has 0 radical (unpaired) electrons. The van der Waals surface area contributed by atoms with Crippen LogP contribution in [0.15, 0.2) is 18.2 Å². The molecule has 1 aromatic carbocycles. The number of nitrogens with zero attached hydrogens (tertiary/aromatic N) is 1. The van der Waals surface area contributed by atoms with Crippen molar-refractivity contribution >= 4 is 17.3 Å². The summed E-state index contributed by atoms with van der Waals surface area (Å²) >= 11 is 0. The van der Waals surface area contributed by atoms with Crippen LogP contribution in [0.25, 0.3) is 0 Å². The number of hydrogen-bond acceptors (Lipinski definition) is 4. The molecule has 5 heteroatoms. The van der Waals surface area contributed by atoms with Gasteiger partial charge in [-0.2, -0.15) is 0 Å². The quantitative estimate of drug-likeness (QED) is 0.726. The molecule has 0 spiro atoms. The van der Waals surface area contributed by atoms with Crippen LogP contribution in [0.2, 0.25) is 0 Å². The van der Waals surface area contributed by atoms with E-state index in [-0.39, 0.29) is 5.91 Å². The molecule has 0 bridgehead atoms. The van der Waals surface area contributed by atoms with Crippen LogP contribution in [0.1, 0.15) is 25.3 Å². The number of rotatable bonds is 4. The lowest BCUT2D eigenvalue weighted by atomic mass is 10.1. The first-order valence-corrected chi connectivity index (χ1v) is 6.96. The summed E-state index contributed by atoms with van der Waals surface area (Å²) in [6, 6.07) is 5.44. The van der Waals surface area contributed by atoms with Crippen LogP contribution in [0.3, 0.4) is 0 Å². The fraction of sp³-hybridized carbons (Fsp3) is 0.533. The van der Waals surface area contributed by atoms with Gasteiger partial charge in [0.05, 0.1) is 5.60 Å². The molecule has 1 heterocycles. The zero-order valence-corrected chi connectivity index (χ0v) is 12.1. The van der Waals surface area contributed by atoms with E-state index in [2.05, 4.69) is 10.2 Å². The van der Waals surface area contributed by atoms with Gasteiger partial charge >= 0.3 is 0 Å². The van der Waals surface area contributed by atoms with Crippen molar-refractivity contribution in [3.05, 3.63) is 23.8 Å². The van der Waals surface area contributed by atoms with Gasteiger partial charge in [-0.3, -0.25) is 9.69 Å². The van der Waals surface area contributed by atoms with Crippen molar-refractivity contribution in [3.8, 4) is 0 Å². The minimum absolute atomic E-state index is 0.00980.